The third-order valence-corrected chi connectivity index (χ3v) is 6.54. The van der Waals surface area contributed by atoms with Gasteiger partial charge in [0, 0.05) is 23.3 Å². The number of benzene rings is 3. The van der Waals surface area contributed by atoms with E-state index in [4.69, 9.17) is 16.0 Å². The predicted molar refractivity (Wildman–Crippen MR) is 120 cm³/mol. The highest BCUT2D eigenvalue weighted by Gasteiger charge is 2.24. The van der Waals surface area contributed by atoms with Crippen molar-refractivity contribution in [2.45, 2.75) is 23.7 Å². The largest absolute Gasteiger partial charge is 0.440 e. The standard InChI is InChI=1S/C24H19ClFNO4S/c1-32(29,30)19-9-4-16(5-10-19)20(12-15-2-7-18(26)8-3-15)22(28)14-24-27-21-11-6-17(25)13-23(21)31-24/h2-11,13,20H,12,14H2,1H3. The van der Waals surface area contributed by atoms with Crippen LogP contribution in [-0.4, -0.2) is 25.4 Å². The summed E-state index contributed by atoms with van der Waals surface area (Å²) >= 11 is 5.99. The maximum atomic E-state index is 13.3. The van der Waals surface area contributed by atoms with Crippen LogP contribution in [0.2, 0.25) is 5.02 Å². The molecule has 164 valence electrons. The first kappa shape index (κ1) is 22.2. The van der Waals surface area contributed by atoms with E-state index in [1.165, 1.54) is 24.3 Å². The summed E-state index contributed by atoms with van der Waals surface area (Å²) in [6.45, 7) is 0. The van der Waals surface area contributed by atoms with Gasteiger partial charge < -0.3 is 4.42 Å². The molecule has 0 fully saturated rings. The molecule has 0 N–H and O–H groups in total. The molecule has 32 heavy (non-hydrogen) atoms. The van der Waals surface area contributed by atoms with Crippen LogP contribution in [0, 0.1) is 5.82 Å². The van der Waals surface area contributed by atoms with Crippen LogP contribution in [0.1, 0.15) is 22.9 Å². The van der Waals surface area contributed by atoms with Crippen molar-refractivity contribution >= 4 is 38.3 Å². The SMILES string of the molecule is CS(=O)(=O)c1ccc(C(Cc2ccc(F)cc2)C(=O)Cc2nc3ccc(Cl)cc3o2)cc1. The number of nitrogens with zero attached hydrogens (tertiary/aromatic N) is 1. The molecule has 0 aliphatic heterocycles. The molecule has 0 bridgehead atoms. The average molecular weight is 472 g/mol. The molecule has 4 aromatic rings. The minimum atomic E-state index is -3.36. The average Bonchev–Trinajstić information content (AvgIpc) is 3.14. The van der Waals surface area contributed by atoms with Gasteiger partial charge in [-0.1, -0.05) is 35.9 Å². The molecule has 0 aliphatic rings. The van der Waals surface area contributed by atoms with Gasteiger partial charge in [0.2, 0.25) is 5.89 Å². The summed E-state index contributed by atoms with van der Waals surface area (Å²) in [6.07, 6.45) is 1.40. The number of sulfone groups is 1. The zero-order valence-electron chi connectivity index (χ0n) is 17.1. The van der Waals surface area contributed by atoms with Gasteiger partial charge in [-0.05, 0) is 53.9 Å². The molecular formula is C24H19ClFNO4S. The number of ketones is 1. The number of halogens is 2. The van der Waals surface area contributed by atoms with E-state index in [1.807, 2.05) is 0 Å². The van der Waals surface area contributed by atoms with Gasteiger partial charge in [-0.2, -0.15) is 0 Å². The highest BCUT2D eigenvalue weighted by molar-refractivity contribution is 7.90. The van der Waals surface area contributed by atoms with Crippen molar-refractivity contribution in [3.63, 3.8) is 0 Å². The Morgan fingerprint density at radius 3 is 2.41 bits per heavy atom. The van der Waals surface area contributed by atoms with Crippen LogP contribution < -0.4 is 0 Å². The molecule has 4 rings (SSSR count). The van der Waals surface area contributed by atoms with Crippen molar-refractivity contribution in [3.05, 3.63) is 94.6 Å². The van der Waals surface area contributed by atoms with Crippen molar-refractivity contribution in [1.82, 2.24) is 4.98 Å². The van der Waals surface area contributed by atoms with Gasteiger partial charge in [0.1, 0.15) is 17.1 Å². The van der Waals surface area contributed by atoms with Gasteiger partial charge in [0.05, 0.1) is 11.3 Å². The van der Waals surface area contributed by atoms with Gasteiger partial charge in [-0.25, -0.2) is 17.8 Å². The van der Waals surface area contributed by atoms with Gasteiger partial charge in [0.15, 0.2) is 15.4 Å². The van der Waals surface area contributed by atoms with E-state index in [0.29, 0.717) is 28.1 Å². The Labute approximate surface area is 189 Å². The zero-order valence-corrected chi connectivity index (χ0v) is 18.7. The molecule has 1 atom stereocenters. The smallest absolute Gasteiger partial charge is 0.202 e. The van der Waals surface area contributed by atoms with Crippen molar-refractivity contribution in [2.24, 2.45) is 0 Å². The third-order valence-electron chi connectivity index (χ3n) is 5.17. The van der Waals surface area contributed by atoms with Crippen molar-refractivity contribution < 1.29 is 22.0 Å². The Morgan fingerprint density at radius 1 is 1.06 bits per heavy atom. The van der Waals surface area contributed by atoms with Crippen LogP contribution in [0.5, 0.6) is 0 Å². The van der Waals surface area contributed by atoms with Crippen molar-refractivity contribution in [3.8, 4) is 0 Å². The molecule has 0 radical (unpaired) electrons. The molecule has 8 heteroatoms. The highest BCUT2D eigenvalue weighted by Crippen LogP contribution is 2.27. The number of aromatic nitrogens is 1. The predicted octanol–water partition coefficient (Wildman–Crippen LogP) is 5.16. The van der Waals surface area contributed by atoms with Gasteiger partial charge in [0.25, 0.3) is 0 Å². The second kappa shape index (κ2) is 8.84. The lowest BCUT2D eigenvalue weighted by Gasteiger charge is -2.16. The van der Waals surface area contributed by atoms with Gasteiger partial charge in [-0.3, -0.25) is 4.79 Å². The van der Waals surface area contributed by atoms with Crippen molar-refractivity contribution in [2.75, 3.05) is 6.26 Å². The molecule has 1 aromatic heterocycles. The maximum Gasteiger partial charge on any atom is 0.202 e. The Kier molecular flexibility index (Phi) is 6.13. The first-order chi connectivity index (χ1) is 15.2. The molecule has 1 unspecified atom stereocenters. The van der Waals surface area contributed by atoms with Gasteiger partial charge >= 0.3 is 0 Å². The fourth-order valence-electron chi connectivity index (χ4n) is 3.52. The Balaban J connectivity index is 1.65. The minimum Gasteiger partial charge on any atom is -0.440 e. The molecule has 0 saturated heterocycles. The number of fused-ring (bicyclic) bond motifs is 1. The third kappa shape index (κ3) is 5.06. The second-order valence-electron chi connectivity index (χ2n) is 7.59. The minimum absolute atomic E-state index is 0.0496. The lowest BCUT2D eigenvalue weighted by molar-refractivity contribution is -0.120. The zero-order chi connectivity index (χ0) is 22.9. The lowest BCUT2D eigenvalue weighted by Crippen LogP contribution is -2.18. The number of Topliss-reactive ketones (excluding diaryl/α,β-unsaturated/α-hetero) is 1. The summed E-state index contributed by atoms with van der Waals surface area (Å²) in [4.78, 5) is 17.8. The topological polar surface area (TPSA) is 77.2 Å². The van der Waals surface area contributed by atoms with Crippen LogP contribution in [0.4, 0.5) is 4.39 Å². The first-order valence-corrected chi connectivity index (χ1v) is 12.1. The number of hydrogen-bond donors (Lipinski definition) is 0. The Morgan fingerprint density at radius 2 is 1.75 bits per heavy atom. The molecule has 0 saturated carbocycles. The molecule has 0 aliphatic carbocycles. The number of oxazole rings is 1. The van der Waals surface area contributed by atoms with E-state index < -0.39 is 15.8 Å². The monoisotopic (exact) mass is 471 g/mol. The van der Waals surface area contributed by atoms with E-state index in [2.05, 4.69) is 4.98 Å². The summed E-state index contributed by atoms with van der Waals surface area (Å²) in [5.74, 6) is -0.838. The Bertz CT molecular complexity index is 1380. The van der Waals surface area contributed by atoms with Crippen LogP contribution in [0.25, 0.3) is 11.1 Å². The first-order valence-electron chi connectivity index (χ1n) is 9.81. The molecular weight excluding hydrogens is 453 g/mol. The van der Waals surface area contributed by atoms with Crippen LogP contribution in [0.15, 0.2) is 76.0 Å². The molecule has 0 amide bonds. The highest BCUT2D eigenvalue weighted by atomic mass is 35.5. The Hall–Kier alpha value is -3.03. The number of carbonyl (C=O) groups excluding carboxylic acids is 1. The van der Waals surface area contributed by atoms with Crippen LogP contribution >= 0.6 is 11.6 Å². The van der Waals surface area contributed by atoms with E-state index >= 15 is 0 Å². The van der Waals surface area contributed by atoms with Crippen LogP contribution in [-0.2, 0) is 27.5 Å². The fraction of sp³-hybridized carbons (Fsp3) is 0.167. The van der Waals surface area contributed by atoms with E-state index in [-0.39, 0.29) is 28.8 Å². The quantitative estimate of drug-likeness (QED) is 0.372. The second-order valence-corrected chi connectivity index (χ2v) is 10.0. The van der Waals surface area contributed by atoms with E-state index in [1.54, 1.807) is 42.5 Å². The molecule has 5 nitrogen and oxygen atoms in total. The molecule has 0 spiro atoms. The van der Waals surface area contributed by atoms with E-state index in [0.717, 1.165) is 11.8 Å². The van der Waals surface area contributed by atoms with Gasteiger partial charge in [-0.15, -0.1) is 0 Å². The van der Waals surface area contributed by atoms with Crippen LogP contribution in [0.3, 0.4) is 0 Å². The maximum absolute atomic E-state index is 13.3. The van der Waals surface area contributed by atoms with Crippen molar-refractivity contribution in [1.29, 1.82) is 0 Å². The summed E-state index contributed by atoms with van der Waals surface area (Å²) in [5, 5.41) is 0.506. The number of hydrogen-bond acceptors (Lipinski definition) is 5. The summed E-state index contributed by atoms with van der Waals surface area (Å²) < 4.78 is 42.6. The summed E-state index contributed by atoms with van der Waals surface area (Å²) in [7, 11) is -3.36. The normalized spacial score (nSPS) is 12.7. The molecule has 3 aromatic carbocycles. The fourth-order valence-corrected chi connectivity index (χ4v) is 4.31. The summed E-state index contributed by atoms with van der Waals surface area (Å²) in [5.41, 5.74) is 2.53. The molecule has 1 heterocycles. The lowest BCUT2D eigenvalue weighted by atomic mass is 9.87. The number of carbonyl (C=O) groups is 1. The summed E-state index contributed by atoms with van der Waals surface area (Å²) in [6, 6.07) is 17.2. The van der Waals surface area contributed by atoms with E-state index in [9.17, 15) is 17.6 Å². The number of rotatable bonds is 7.